The largest absolute Gasteiger partial charge is 0.459 e. The van der Waals surface area contributed by atoms with Gasteiger partial charge in [0.25, 0.3) is 6.01 Å². The van der Waals surface area contributed by atoms with E-state index in [0.29, 0.717) is 54.5 Å². The number of H-pyrrole nitrogens is 1. The van der Waals surface area contributed by atoms with Crippen LogP contribution in [0.4, 0.5) is 5.69 Å². The molecule has 0 unspecified atom stereocenters. The molecule has 0 radical (unpaired) electrons. The number of imidazole rings is 1. The highest BCUT2D eigenvalue weighted by atomic mass is 35.5. The van der Waals surface area contributed by atoms with E-state index in [-0.39, 0.29) is 19.2 Å². The van der Waals surface area contributed by atoms with Gasteiger partial charge in [0.05, 0.1) is 40.8 Å². The minimum absolute atomic E-state index is 0.230. The van der Waals surface area contributed by atoms with Gasteiger partial charge in [-0.15, -0.1) is 0 Å². The van der Waals surface area contributed by atoms with E-state index in [4.69, 9.17) is 21.1 Å². The molecule has 3 N–H and O–H groups in total. The number of ether oxygens (including phenoxy) is 2. The number of nitrogens with one attached hydrogen (secondary N) is 1. The number of rotatable bonds is 7. The molecular formula is C25H32ClN5O6S. The Labute approximate surface area is 226 Å². The lowest BCUT2D eigenvalue weighted by atomic mass is 10.0. The van der Waals surface area contributed by atoms with Gasteiger partial charge in [0.1, 0.15) is 12.2 Å². The number of anilines is 1. The van der Waals surface area contributed by atoms with E-state index in [1.54, 1.807) is 24.2 Å². The maximum absolute atomic E-state index is 12.4. The Bertz CT molecular complexity index is 1370. The lowest BCUT2D eigenvalue weighted by Crippen LogP contribution is -2.50. The van der Waals surface area contributed by atoms with Gasteiger partial charge in [0, 0.05) is 43.9 Å². The first-order chi connectivity index (χ1) is 18.2. The summed E-state index contributed by atoms with van der Waals surface area (Å²) >= 11 is 6.56. The molecule has 0 aliphatic carbocycles. The second-order valence-electron chi connectivity index (χ2n) is 9.86. The van der Waals surface area contributed by atoms with Crippen LogP contribution in [-0.2, 0) is 14.8 Å². The molecule has 2 aromatic heterocycles. The summed E-state index contributed by atoms with van der Waals surface area (Å²) in [6.07, 6.45) is -1.52. The molecule has 2 aliphatic rings. The van der Waals surface area contributed by atoms with Crippen LogP contribution in [-0.4, -0.2) is 101 Å². The van der Waals surface area contributed by atoms with Crippen LogP contribution in [0.1, 0.15) is 20.3 Å². The average molecular weight is 566 g/mol. The number of aliphatic hydroxyl groups excluding tert-OH is 2. The summed E-state index contributed by atoms with van der Waals surface area (Å²) in [4.78, 5) is 14.3. The van der Waals surface area contributed by atoms with Crippen LogP contribution in [0, 0.1) is 0 Å². The van der Waals surface area contributed by atoms with Crippen molar-refractivity contribution in [2.45, 2.75) is 43.8 Å². The molecule has 2 aliphatic heterocycles. The number of piperazine rings is 1. The van der Waals surface area contributed by atoms with E-state index in [1.165, 1.54) is 0 Å². The first-order valence-electron chi connectivity index (χ1n) is 12.6. The van der Waals surface area contributed by atoms with E-state index in [0.717, 1.165) is 11.3 Å². The van der Waals surface area contributed by atoms with Crippen LogP contribution in [0.25, 0.3) is 22.4 Å². The molecule has 0 spiro atoms. The van der Waals surface area contributed by atoms with Crippen molar-refractivity contribution in [2.75, 3.05) is 44.3 Å². The predicted molar refractivity (Wildman–Crippen MR) is 144 cm³/mol. The third-order valence-corrected chi connectivity index (χ3v) is 9.56. The minimum Gasteiger partial charge on any atom is -0.459 e. The number of aliphatic hydroxyl groups is 2. The highest BCUT2D eigenvalue weighted by molar-refractivity contribution is 7.89. The first-order valence-corrected chi connectivity index (χ1v) is 14.5. The van der Waals surface area contributed by atoms with Crippen molar-refractivity contribution in [3.8, 4) is 17.3 Å². The molecule has 206 valence electrons. The zero-order valence-electron chi connectivity index (χ0n) is 21.2. The molecule has 5 rings (SSSR count). The predicted octanol–water partition coefficient (Wildman–Crippen LogP) is 2.03. The Hall–Kier alpha value is -2.48. The fourth-order valence-electron chi connectivity index (χ4n) is 4.73. The minimum atomic E-state index is -3.24. The number of aromatic nitrogens is 3. The fourth-order valence-corrected chi connectivity index (χ4v) is 6.26. The van der Waals surface area contributed by atoms with Crippen molar-refractivity contribution in [3.63, 3.8) is 0 Å². The number of pyridine rings is 1. The molecule has 2 saturated heterocycles. The summed E-state index contributed by atoms with van der Waals surface area (Å²) in [5, 5.41) is 19.3. The molecule has 0 saturated carbocycles. The third-order valence-electron chi connectivity index (χ3n) is 6.99. The lowest BCUT2D eigenvalue weighted by Gasteiger charge is -2.36. The van der Waals surface area contributed by atoms with Crippen LogP contribution in [0.5, 0.6) is 6.01 Å². The number of aromatic amines is 1. The van der Waals surface area contributed by atoms with Gasteiger partial charge >= 0.3 is 0 Å². The number of benzene rings is 1. The number of hydrogen-bond donors (Lipinski definition) is 3. The molecule has 0 bridgehead atoms. The monoisotopic (exact) mass is 565 g/mol. The highest BCUT2D eigenvalue weighted by Gasteiger charge is 2.31. The van der Waals surface area contributed by atoms with E-state index in [1.807, 2.05) is 24.3 Å². The number of sulfonamides is 1. The summed E-state index contributed by atoms with van der Waals surface area (Å²) in [6.45, 7) is 5.56. The topological polar surface area (TPSA) is 141 Å². The van der Waals surface area contributed by atoms with E-state index in [9.17, 15) is 18.6 Å². The number of hydrogen-bond acceptors (Lipinski definition) is 9. The summed E-state index contributed by atoms with van der Waals surface area (Å²) < 4.78 is 37.7. The zero-order chi connectivity index (χ0) is 27.0. The van der Waals surface area contributed by atoms with Gasteiger partial charge in [-0.3, -0.25) is 0 Å². The molecule has 0 amide bonds. The molecule has 38 heavy (non-hydrogen) atoms. The van der Waals surface area contributed by atoms with Crippen molar-refractivity contribution in [3.05, 3.63) is 35.4 Å². The summed E-state index contributed by atoms with van der Waals surface area (Å²) in [5.41, 5.74) is 3.47. The molecule has 2 fully saturated rings. The van der Waals surface area contributed by atoms with E-state index < -0.39 is 33.6 Å². The Morgan fingerprint density at radius 2 is 1.89 bits per heavy atom. The van der Waals surface area contributed by atoms with Gasteiger partial charge in [0.2, 0.25) is 10.0 Å². The third kappa shape index (κ3) is 5.47. The van der Waals surface area contributed by atoms with Gasteiger partial charge in [0.15, 0.2) is 5.65 Å². The number of fused-ring (bicyclic) bond motifs is 1. The van der Waals surface area contributed by atoms with Gasteiger partial charge in [-0.1, -0.05) is 23.7 Å². The Kier molecular flexibility index (Phi) is 7.81. The quantitative estimate of drug-likeness (QED) is 0.392. The van der Waals surface area contributed by atoms with Gasteiger partial charge < -0.3 is 29.6 Å². The fraction of sp³-hybridized carbons (Fsp3) is 0.520. The van der Waals surface area contributed by atoms with E-state index in [2.05, 4.69) is 19.9 Å². The Morgan fingerprint density at radius 3 is 2.53 bits per heavy atom. The van der Waals surface area contributed by atoms with Crippen molar-refractivity contribution in [1.29, 1.82) is 0 Å². The smallest absolute Gasteiger partial charge is 0.296 e. The maximum Gasteiger partial charge on any atom is 0.296 e. The summed E-state index contributed by atoms with van der Waals surface area (Å²) in [7, 11) is -3.24. The van der Waals surface area contributed by atoms with Crippen molar-refractivity contribution in [2.24, 2.45) is 0 Å². The number of halogens is 1. The molecule has 1 aromatic carbocycles. The molecule has 3 aromatic rings. The first kappa shape index (κ1) is 27.1. The second kappa shape index (κ2) is 10.9. The normalized spacial score (nSPS) is 23.3. The molecule has 13 heteroatoms. The van der Waals surface area contributed by atoms with Crippen molar-refractivity contribution >= 4 is 38.5 Å². The molecule has 11 nitrogen and oxygen atoms in total. The summed E-state index contributed by atoms with van der Waals surface area (Å²) in [6, 6.07) is 9.84. The summed E-state index contributed by atoms with van der Waals surface area (Å²) in [5.74, 6) is 0. The Morgan fingerprint density at radius 1 is 1.18 bits per heavy atom. The number of nitrogens with zero attached hydrogens (tertiary/aromatic N) is 4. The van der Waals surface area contributed by atoms with E-state index >= 15 is 0 Å². The molecule has 3 atom stereocenters. The Balaban J connectivity index is 1.27. The zero-order valence-corrected chi connectivity index (χ0v) is 22.8. The van der Waals surface area contributed by atoms with Crippen LogP contribution in [0.3, 0.4) is 0 Å². The van der Waals surface area contributed by atoms with Gasteiger partial charge in [-0.2, -0.15) is 9.29 Å². The van der Waals surface area contributed by atoms with Gasteiger partial charge in [-0.05, 0) is 32.0 Å². The molecular weight excluding hydrogens is 534 g/mol. The molecule has 4 heterocycles. The van der Waals surface area contributed by atoms with Crippen LogP contribution < -0.4 is 9.64 Å². The van der Waals surface area contributed by atoms with Crippen molar-refractivity contribution in [1.82, 2.24) is 19.3 Å². The van der Waals surface area contributed by atoms with Crippen LogP contribution in [0.15, 0.2) is 30.3 Å². The van der Waals surface area contributed by atoms with Crippen LogP contribution in [0.2, 0.25) is 5.02 Å². The highest BCUT2D eigenvalue weighted by Crippen LogP contribution is 2.31. The van der Waals surface area contributed by atoms with Crippen LogP contribution >= 0.6 is 11.6 Å². The lowest BCUT2D eigenvalue weighted by molar-refractivity contribution is -0.131. The SMILES string of the molecule is CC(C)S(=O)(=O)N1CCN(c2ccc(-c3nc4nc(O[C@H]5CO[C@H](CO)[C@@H](O)C5)[nH]c4cc3Cl)cc2)CC1. The van der Waals surface area contributed by atoms with Gasteiger partial charge in [-0.25, -0.2) is 13.4 Å². The van der Waals surface area contributed by atoms with Crippen molar-refractivity contribution < 1.29 is 28.1 Å². The second-order valence-corrected chi connectivity index (χ2v) is 12.8. The standard InChI is InChI=1S/C25H32ClN5O6S/c1-15(2)38(34,35)31-9-7-30(8-10-31)17-5-3-16(4-6-17)23-19(26)12-20-24(28-23)29-25(27-20)37-18-11-21(33)22(13-32)36-14-18/h3-6,12,15,18,21-22,32-33H,7-11,13-14H2,1-2H3,(H,27,28,29)/t18-,21+,22-/m1/s1. The average Bonchev–Trinajstić information content (AvgIpc) is 3.29. The maximum atomic E-state index is 12.4.